The van der Waals surface area contributed by atoms with Crippen LogP contribution in [0.15, 0.2) is 48.8 Å². The SMILES string of the molecule is CC(C)(C)c1ccccc1OCCNCc1cccnc1. The second-order valence-electron chi connectivity index (χ2n) is 6.13. The maximum Gasteiger partial charge on any atom is 0.123 e. The molecular formula is C18H24N2O. The quantitative estimate of drug-likeness (QED) is 0.824. The van der Waals surface area contributed by atoms with Gasteiger partial charge in [0.2, 0.25) is 0 Å². The lowest BCUT2D eigenvalue weighted by Crippen LogP contribution is -2.22. The molecule has 0 aliphatic carbocycles. The summed E-state index contributed by atoms with van der Waals surface area (Å²) in [5.74, 6) is 0.980. The topological polar surface area (TPSA) is 34.1 Å². The molecule has 1 aromatic carbocycles. The number of nitrogens with zero attached hydrogens (tertiary/aromatic N) is 1. The molecule has 0 aliphatic rings. The minimum Gasteiger partial charge on any atom is -0.492 e. The predicted octanol–water partition coefficient (Wildman–Crippen LogP) is 3.55. The van der Waals surface area contributed by atoms with Crippen LogP contribution in [0.5, 0.6) is 5.75 Å². The van der Waals surface area contributed by atoms with E-state index in [1.807, 2.05) is 24.4 Å². The molecule has 3 heteroatoms. The second kappa shape index (κ2) is 7.23. The van der Waals surface area contributed by atoms with E-state index in [0.717, 1.165) is 18.8 Å². The van der Waals surface area contributed by atoms with E-state index in [-0.39, 0.29) is 5.41 Å². The number of benzene rings is 1. The minimum atomic E-state index is 0.0970. The molecule has 0 unspecified atom stereocenters. The van der Waals surface area contributed by atoms with Crippen molar-refractivity contribution in [3.8, 4) is 5.75 Å². The van der Waals surface area contributed by atoms with Crippen LogP contribution in [0, 0.1) is 0 Å². The number of hydrogen-bond acceptors (Lipinski definition) is 3. The average molecular weight is 284 g/mol. The van der Waals surface area contributed by atoms with Crippen molar-refractivity contribution in [1.82, 2.24) is 10.3 Å². The molecule has 0 saturated heterocycles. The number of rotatable bonds is 6. The summed E-state index contributed by atoms with van der Waals surface area (Å²) in [6, 6.07) is 12.3. The number of nitrogens with one attached hydrogen (secondary N) is 1. The lowest BCUT2D eigenvalue weighted by molar-refractivity contribution is 0.305. The van der Waals surface area contributed by atoms with E-state index in [1.165, 1.54) is 11.1 Å². The maximum absolute atomic E-state index is 5.92. The van der Waals surface area contributed by atoms with Crippen molar-refractivity contribution >= 4 is 0 Å². The molecule has 0 radical (unpaired) electrons. The molecule has 0 bridgehead atoms. The number of pyridine rings is 1. The van der Waals surface area contributed by atoms with Crippen molar-refractivity contribution in [2.45, 2.75) is 32.7 Å². The average Bonchev–Trinajstić information content (AvgIpc) is 2.47. The summed E-state index contributed by atoms with van der Waals surface area (Å²) in [6.45, 7) is 8.90. The fraction of sp³-hybridized carbons (Fsp3) is 0.389. The van der Waals surface area contributed by atoms with Gasteiger partial charge in [0.05, 0.1) is 0 Å². The number of para-hydroxylation sites is 1. The molecule has 112 valence electrons. The first kappa shape index (κ1) is 15.5. The van der Waals surface area contributed by atoms with Crippen LogP contribution in [0.3, 0.4) is 0 Å². The lowest BCUT2D eigenvalue weighted by atomic mass is 9.86. The van der Waals surface area contributed by atoms with Crippen LogP contribution in [0.2, 0.25) is 0 Å². The summed E-state index contributed by atoms with van der Waals surface area (Å²) in [6.07, 6.45) is 3.67. The summed E-state index contributed by atoms with van der Waals surface area (Å²) in [5, 5.41) is 3.37. The monoisotopic (exact) mass is 284 g/mol. The molecule has 0 atom stereocenters. The fourth-order valence-electron chi connectivity index (χ4n) is 2.18. The van der Waals surface area contributed by atoms with Crippen LogP contribution < -0.4 is 10.1 Å². The molecule has 0 aliphatic heterocycles. The van der Waals surface area contributed by atoms with Gasteiger partial charge in [-0.1, -0.05) is 45.0 Å². The highest BCUT2D eigenvalue weighted by Gasteiger charge is 2.18. The Hall–Kier alpha value is -1.87. The summed E-state index contributed by atoms with van der Waals surface area (Å²) in [4.78, 5) is 4.10. The normalized spacial score (nSPS) is 11.4. The van der Waals surface area contributed by atoms with Crippen LogP contribution in [0.25, 0.3) is 0 Å². The van der Waals surface area contributed by atoms with Gasteiger partial charge in [0, 0.05) is 25.5 Å². The molecular weight excluding hydrogens is 260 g/mol. The van der Waals surface area contributed by atoms with Gasteiger partial charge < -0.3 is 10.1 Å². The third kappa shape index (κ3) is 4.87. The van der Waals surface area contributed by atoms with E-state index in [0.29, 0.717) is 6.61 Å². The van der Waals surface area contributed by atoms with Gasteiger partial charge in [0.15, 0.2) is 0 Å². The first-order valence-electron chi connectivity index (χ1n) is 7.39. The minimum absolute atomic E-state index is 0.0970. The van der Waals surface area contributed by atoms with Crippen LogP contribution >= 0.6 is 0 Å². The number of hydrogen-bond donors (Lipinski definition) is 1. The van der Waals surface area contributed by atoms with Crippen molar-refractivity contribution in [3.63, 3.8) is 0 Å². The molecule has 2 aromatic rings. The molecule has 1 heterocycles. The molecule has 3 nitrogen and oxygen atoms in total. The number of aromatic nitrogens is 1. The lowest BCUT2D eigenvalue weighted by Gasteiger charge is -2.22. The highest BCUT2D eigenvalue weighted by atomic mass is 16.5. The van der Waals surface area contributed by atoms with Gasteiger partial charge in [0.25, 0.3) is 0 Å². The summed E-state index contributed by atoms with van der Waals surface area (Å²) in [7, 11) is 0. The third-order valence-electron chi connectivity index (χ3n) is 3.28. The first-order valence-corrected chi connectivity index (χ1v) is 7.39. The zero-order chi connectivity index (χ0) is 15.1. The van der Waals surface area contributed by atoms with Crippen LogP contribution in [-0.4, -0.2) is 18.1 Å². The molecule has 0 spiro atoms. The molecule has 1 N–H and O–H groups in total. The summed E-state index contributed by atoms with van der Waals surface area (Å²) in [5.41, 5.74) is 2.53. The van der Waals surface area contributed by atoms with E-state index in [9.17, 15) is 0 Å². The Morgan fingerprint density at radius 1 is 1.10 bits per heavy atom. The molecule has 2 rings (SSSR count). The number of ether oxygens (including phenoxy) is 1. The van der Waals surface area contributed by atoms with Crippen molar-refractivity contribution in [2.24, 2.45) is 0 Å². The van der Waals surface area contributed by atoms with E-state index < -0.39 is 0 Å². The smallest absolute Gasteiger partial charge is 0.123 e. The summed E-state index contributed by atoms with van der Waals surface area (Å²) < 4.78 is 5.92. The van der Waals surface area contributed by atoms with Gasteiger partial charge in [0.1, 0.15) is 12.4 Å². The Morgan fingerprint density at radius 2 is 1.90 bits per heavy atom. The van der Waals surface area contributed by atoms with Gasteiger partial charge >= 0.3 is 0 Å². The largest absolute Gasteiger partial charge is 0.492 e. The van der Waals surface area contributed by atoms with E-state index >= 15 is 0 Å². The highest BCUT2D eigenvalue weighted by Crippen LogP contribution is 2.30. The Balaban J connectivity index is 1.79. The predicted molar refractivity (Wildman–Crippen MR) is 86.6 cm³/mol. The Kier molecular flexibility index (Phi) is 5.34. The van der Waals surface area contributed by atoms with Gasteiger partial charge in [-0.25, -0.2) is 0 Å². The van der Waals surface area contributed by atoms with Crippen molar-refractivity contribution < 1.29 is 4.74 Å². The standard InChI is InChI=1S/C18H24N2O/c1-18(2,3)16-8-4-5-9-17(16)21-12-11-20-14-15-7-6-10-19-13-15/h4-10,13,20H,11-12,14H2,1-3H3. The van der Waals surface area contributed by atoms with Crippen LogP contribution in [-0.2, 0) is 12.0 Å². The van der Waals surface area contributed by atoms with E-state index in [2.05, 4.69) is 49.3 Å². The van der Waals surface area contributed by atoms with Crippen LogP contribution in [0.4, 0.5) is 0 Å². The van der Waals surface area contributed by atoms with Crippen molar-refractivity contribution in [1.29, 1.82) is 0 Å². The molecule has 0 amide bonds. The van der Waals surface area contributed by atoms with Gasteiger partial charge in [-0.3, -0.25) is 4.98 Å². The highest BCUT2D eigenvalue weighted by molar-refractivity contribution is 5.38. The zero-order valence-corrected chi connectivity index (χ0v) is 13.1. The van der Waals surface area contributed by atoms with E-state index in [4.69, 9.17) is 4.74 Å². The maximum atomic E-state index is 5.92. The molecule has 0 fully saturated rings. The Labute approximate surface area is 127 Å². The molecule has 21 heavy (non-hydrogen) atoms. The third-order valence-corrected chi connectivity index (χ3v) is 3.28. The zero-order valence-electron chi connectivity index (χ0n) is 13.1. The Bertz CT molecular complexity index is 547. The van der Waals surface area contributed by atoms with Gasteiger partial charge in [-0.05, 0) is 28.7 Å². The van der Waals surface area contributed by atoms with Gasteiger partial charge in [-0.2, -0.15) is 0 Å². The second-order valence-corrected chi connectivity index (χ2v) is 6.13. The van der Waals surface area contributed by atoms with Crippen LogP contribution in [0.1, 0.15) is 31.9 Å². The van der Waals surface area contributed by atoms with Crippen molar-refractivity contribution in [2.75, 3.05) is 13.2 Å². The van der Waals surface area contributed by atoms with Gasteiger partial charge in [-0.15, -0.1) is 0 Å². The van der Waals surface area contributed by atoms with Crippen molar-refractivity contribution in [3.05, 3.63) is 59.9 Å². The molecule has 1 aromatic heterocycles. The first-order chi connectivity index (χ1) is 10.1. The summed E-state index contributed by atoms with van der Waals surface area (Å²) >= 11 is 0. The molecule has 0 saturated carbocycles. The Morgan fingerprint density at radius 3 is 2.62 bits per heavy atom. The van der Waals surface area contributed by atoms with E-state index in [1.54, 1.807) is 6.20 Å². The fourth-order valence-corrected chi connectivity index (χ4v) is 2.18.